The van der Waals surface area contributed by atoms with Crippen molar-refractivity contribution in [2.45, 2.75) is 6.92 Å². The summed E-state index contributed by atoms with van der Waals surface area (Å²) in [6.07, 6.45) is 1.28. The summed E-state index contributed by atoms with van der Waals surface area (Å²) in [5, 5.41) is 9.23. The fraction of sp³-hybridized carbons (Fsp3) is 0.200. The molecule has 0 heterocycles. The molecule has 9 nitrogen and oxygen atoms in total. The van der Waals surface area contributed by atoms with Crippen LogP contribution in [0.25, 0.3) is 0 Å². The summed E-state index contributed by atoms with van der Waals surface area (Å²) >= 11 is 12.3. The number of methoxy groups -OCH3 is 1. The lowest BCUT2D eigenvalue weighted by atomic mass is 10.2. The van der Waals surface area contributed by atoms with Crippen molar-refractivity contribution >= 4 is 52.8 Å². The van der Waals surface area contributed by atoms with E-state index in [-0.39, 0.29) is 23.1 Å². The van der Waals surface area contributed by atoms with Gasteiger partial charge < -0.3 is 20.1 Å². The lowest BCUT2D eigenvalue weighted by Gasteiger charge is -2.13. The van der Waals surface area contributed by atoms with Crippen LogP contribution in [-0.4, -0.2) is 44.2 Å². The van der Waals surface area contributed by atoms with E-state index in [1.165, 1.54) is 25.5 Å². The van der Waals surface area contributed by atoms with Crippen molar-refractivity contribution in [3.63, 3.8) is 0 Å². The number of hydrogen-bond acceptors (Lipinski definition) is 6. The molecule has 164 valence electrons. The Morgan fingerprint density at radius 3 is 2.52 bits per heavy atom. The average molecular weight is 467 g/mol. The number of para-hydroxylation sites is 1. The molecule has 2 rings (SSSR count). The predicted octanol–water partition coefficient (Wildman–Crippen LogP) is 2.61. The first-order chi connectivity index (χ1) is 14.8. The van der Waals surface area contributed by atoms with Crippen LogP contribution in [0.1, 0.15) is 12.5 Å². The first-order valence-electron chi connectivity index (χ1n) is 9.01. The van der Waals surface area contributed by atoms with E-state index in [1.54, 1.807) is 31.2 Å². The molecule has 0 saturated heterocycles. The Balaban J connectivity index is 2.02. The number of carbonyl (C=O) groups excluding carboxylic acids is 3. The number of nitrogens with one attached hydrogen (secondary N) is 3. The van der Waals surface area contributed by atoms with Gasteiger partial charge in [0.1, 0.15) is 0 Å². The van der Waals surface area contributed by atoms with Crippen LogP contribution in [0.15, 0.2) is 41.5 Å². The van der Waals surface area contributed by atoms with Crippen molar-refractivity contribution in [2.24, 2.45) is 5.10 Å². The van der Waals surface area contributed by atoms with Gasteiger partial charge in [-0.2, -0.15) is 5.10 Å². The van der Waals surface area contributed by atoms with Crippen molar-refractivity contribution in [1.29, 1.82) is 0 Å². The van der Waals surface area contributed by atoms with E-state index in [1.807, 2.05) is 0 Å². The smallest absolute Gasteiger partial charge is 0.329 e. The van der Waals surface area contributed by atoms with Gasteiger partial charge in [-0.15, -0.1) is 0 Å². The molecule has 2 aromatic rings. The highest BCUT2D eigenvalue weighted by atomic mass is 35.5. The standard InChI is InChI=1S/C20H20Cl2N4O5/c1-3-23-19(28)20(29)26-24-10-12-8-14(22)18(16(9-12)30-2)31-11-17(27)25-15-7-5-4-6-13(15)21/h4-10H,3,11H2,1-2H3,(H,23,28)(H,25,27)(H,26,29)/b24-10-. The van der Waals surface area contributed by atoms with E-state index < -0.39 is 17.7 Å². The molecule has 0 aromatic heterocycles. The zero-order chi connectivity index (χ0) is 22.8. The highest BCUT2D eigenvalue weighted by Crippen LogP contribution is 2.36. The summed E-state index contributed by atoms with van der Waals surface area (Å²) < 4.78 is 10.8. The molecule has 0 radical (unpaired) electrons. The van der Waals surface area contributed by atoms with Crippen LogP contribution < -0.4 is 25.5 Å². The number of amides is 3. The van der Waals surface area contributed by atoms with E-state index >= 15 is 0 Å². The SMILES string of the molecule is CCNC(=O)C(=O)N/N=C\c1cc(Cl)c(OCC(=O)Nc2ccccc2Cl)c(OC)c1. The van der Waals surface area contributed by atoms with Gasteiger partial charge in [0.25, 0.3) is 5.91 Å². The van der Waals surface area contributed by atoms with Gasteiger partial charge in [0.15, 0.2) is 18.1 Å². The Morgan fingerprint density at radius 1 is 1.10 bits per heavy atom. The summed E-state index contributed by atoms with van der Waals surface area (Å²) in [7, 11) is 1.40. The molecule has 0 aliphatic heterocycles. The molecule has 2 aromatic carbocycles. The van der Waals surface area contributed by atoms with Crippen LogP contribution >= 0.6 is 23.2 Å². The number of halogens is 2. The normalized spacial score (nSPS) is 10.5. The number of hydrazone groups is 1. The second-order valence-electron chi connectivity index (χ2n) is 5.91. The van der Waals surface area contributed by atoms with Crippen molar-refractivity contribution < 1.29 is 23.9 Å². The van der Waals surface area contributed by atoms with Gasteiger partial charge in [0, 0.05) is 6.54 Å². The van der Waals surface area contributed by atoms with E-state index in [0.29, 0.717) is 22.8 Å². The zero-order valence-electron chi connectivity index (χ0n) is 16.7. The lowest BCUT2D eigenvalue weighted by molar-refractivity contribution is -0.139. The first-order valence-corrected chi connectivity index (χ1v) is 9.77. The molecule has 0 unspecified atom stereocenters. The Kier molecular flexibility index (Phi) is 9.11. The monoisotopic (exact) mass is 466 g/mol. The number of hydrogen-bond donors (Lipinski definition) is 3. The van der Waals surface area contributed by atoms with E-state index in [0.717, 1.165) is 0 Å². The third-order valence-corrected chi connectivity index (χ3v) is 4.28. The Hall–Kier alpha value is -3.30. The molecular weight excluding hydrogens is 447 g/mol. The first kappa shape index (κ1) is 24.0. The summed E-state index contributed by atoms with van der Waals surface area (Å²) in [6, 6.07) is 9.82. The van der Waals surface area contributed by atoms with Gasteiger partial charge >= 0.3 is 11.8 Å². The summed E-state index contributed by atoms with van der Waals surface area (Å²) in [4.78, 5) is 35.0. The van der Waals surface area contributed by atoms with Gasteiger partial charge in [-0.25, -0.2) is 5.43 Å². The van der Waals surface area contributed by atoms with E-state index in [2.05, 4.69) is 21.2 Å². The summed E-state index contributed by atoms with van der Waals surface area (Å²) in [6.45, 7) is 1.67. The fourth-order valence-corrected chi connectivity index (χ4v) is 2.75. The molecule has 0 fully saturated rings. The molecule has 0 aliphatic rings. The highest BCUT2D eigenvalue weighted by Gasteiger charge is 2.15. The largest absolute Gasteiger partial charge is 0.493 e. The molecule has 31 heavy (non-hydrogen) atoms. The fourth-order valence-electron chi connectivity index (χ4n) is 2.30. The highest BCUT2D eigenvalue weighted by molar-refractivity contribution is 6.35. The lowest BCUT2D eigenvalue weighted by Crippen LogP contribution is -2.37. The number of carbonyl (C=O) groups is 3. The van der Waals surface area contributed by atoms with Gasteiger partial charge in [0.05, 0.1) is 29.1 Å². The van der Waals surface area contributed by atoms with E-state index in [4.69, 9.17) is 32.7 Å². The molecule has 0 spiro atoms. The molecular formula is C20H20Cl2N4O5. The third kappa shape index (κ3) is 7.16. The second kappa shape index (κ2) is 11.8. The molecule has 0 saturated carbocycles. The minimum Gasteiger partial charge on any atom is -0.493 e. The third-order valence-electron chi connectivity index (χ3n) is 3.67. The topological polar surface area (TPSA) is 118 Å². The van der Waals surface area contributed by atoms with Gasteiger partial charge in [-0.1, -0.05) is 35.3 Å². The molecule has 3 amide bonds. The molecule has 0 aliphatic carbocycles. The molecule has 0 atom stereocenters. The minimum absolute atomic E-state index is 0.154. The van der Waals surface area contributed by atoms with Crippen LogP contribution in [0, 0.1) is 0 Å². The summed E-state index contributed by atoms with van der Waals surface area (Å²) in [5.41, 5.74) is 3.01. The molecule has 0 bridgehead atoms. The maximum atomic E-state index is 12.1. The van der Waals surface area contributed by atoms with Crippen LogP contribution in [0.3, 0.4) is 0 Å². The van der Waals surface area contributed by atoms with Gasteiger partial charge in [0.2, 0.25) is 0 Å². The van der Waals surface area contributed by atoms with Gasteiger partial charge in [-0.05, 0) is 36.8 Å². The molecule has 3 N–H and O–H groups in total. The predicted molar refractivity (Wildman–Crippen MR) is 118 cm³/mol. The van der Waals surface area contributed by atoms with Crippen molar-refractivity contribution in [2.75, 3.05) is 25.6 Å². The van der Waals surface area contributed by atoms with Crippen molar-refractivity contribution in [3.8, 4) is 11.5 Å². The summed E-state index contributed by atoms with van der Waals surface area (Å²) in [5.74, 6) is -1.74. The Morgan fingerprint density at radius 2 is 1.84 bits per heavy atom. The number of benzene rings is 2. The Bertz CT molecular complexity index is 998. The van der Waals surface area contributed by atoms with Gasteiger partial charge in [-0.3, -0.25) is 14.4 Å². The number of nitrogens with zero attached hydrogens (tertiary/aromatic N) is 1. The number of ether oxygens (including phenoxy) is 2. The van der Waals surface area contributed by atoms with Crippen LogP contribution in [0.4, 0.5) is 5.69 Å². The Labute approximate surface area is 188 Å². The quantitative estimate of drug-likeness (QED) is 0.314. The van der Waals surface area contributed by atoms with Crippen molar-refractivity contribution in [3.05, 3.63) is 52.0 Å². The van der Waals surface area contributed by atoms with Crippen LogP contribution in [0.2, 0.25) is 10.0 Å². The van der Waals surface area contributed by atoms with Crippen LogP contribution in [0.5, 0.6) is 11.5 Å². The second-order valence-corrected chi connectivity index (χ2v) is 6.72. The maximum absolute atomic E-state index is 12.1. The number of rotatable bonds is 8. The molecule has 11 heteroatoms. The van der Waals surface area contributed by atoms with Crippen molar-refractivity contribution in [1.82, 2.24) is 10.7 Å². The maximum Gasteiger partial charge on any atom is 0.329 e. The number of likely N-dealkylation sites (N-methyl/N-ethyl adjacent to an activating group) is 1. The zero-order valence-corrected chi connectivity index (χ0v) is 18.2. The van der Waals surface area contributed by atoms with Crippen LogP contribution in [-0.2, 0) is 14.4 Å². The number of anilines is 1. The van der Waals surface area contributed by atoms with E-state index in [9.17, 15) is 14.4 Å². The minimum atomic E-state index is -0.902. The average Bonchev–Trinajstić information content (AvgIpc) is 2.74.